The Morgan fingerprint density at radius 2 is 2.45 bits per heavy atom. The van der Waals surface area contributed by atoms with Gasteiger partial charge in [0, 0.05) is 12.4 Å². The number of carbonyl (C=O) groups is 1. The van der Waals surface area contributed by atoms with E-state index in [0.717, 1.165) is 0 Å². The predicted molar refractivity (Wildman–Crippen MR) is 41.9 cm³/mol. The van der Waals surface area contributed by atoms with Gasteiger partial charge in [0.2, 0.25) is 0 Å². The molecule has 11 heavy (non-hydrogen) atoms. The molecule has 1 aromatic rings. The number of imidazole rings is 1. The Morgan fingerprint density at radius 3 is 2.82 bits per heavy atom. The van der Waals surface area contributed by atoms with Gasteiger partial charge in [-0.2, -0.15) is 0 Å². The van der Waals surface area contributed by atoms with E-state index in [2.05, 4.69) is 9.97 Å². The summed E-state index contributed by atoms with van der Waals surface area (Å²) in [4.78, 5) is 16.9. The Morgan fingerprint density at radius 1 is 1.82 bits per heavy atom. The second kappa shape index (κ2) is 3.98. The van der Waals surface area contributed by atoms with Crippen molar-refractivity contribution in [1.29, 1.82) is 0 Å². The third-order valence-electron chi connectivity index (χ3n) is 1.30. The molecule has 1 aromatic heterocycles. The van der Waals surface area contributed by atoms with Crippen LogP contribution in [0, 0.1) is 0 Å². The standard InChI is InChI=1S/C6H8N2O2.ClH/c1-4(6(9)10)5-7-2-3-8-5;/h2-4H,1H3,(H,7,8)(H,9,10);1H. The van der Waals surface area contributed by atoms with Crippen LogP contribution in [0.1, 0.15) is 18.7 Å². The molecule has 0 saturated heterocycles. The number of rotatable bonds is 2. The van der Waals surface area contributed by atoms with Crippen molar-refractivity contribution in [3.05, 3.63) is 18.2 Å². The van der Waals surface area contributed by atoms with Gasteiger partial charge in [-0.3, -0.25) is 4.79 Å². The number of carboxylic acid groups (broad SMARTS) is 1. The van der Waals surface area contributed by atoms with E-state index in [-0.39, 0.29) is 12.4 Å². The number of H-pyrrole nitrogens is 1. The summed E-state index contributed by atoms with van der Waals surface area (Å²) < 4.78 is 0. The van der Waals surface area contributed by atoms with E-state index in [0.29, 0.717) is 5.82 Å². The van der Waals surface area contributed by atoms with Gasteiger partial charge in [0.05, 0.1) is 0 Å². The highest BCUT2D eigenvalue weighted by molar-refractivity contribution is 5.85. The second-order valence-corrected chi connectivity index (χ2v) is 2.03. The molecule has 0 fully saturated rings. The Hall–Kier alpha value is -1.03. The summed E-state index contributed by atoms with van der Waals surface area (Å²) in [6, 6.07) is 0. The monoisotopic (exact) mass is 176 g/mol. The summed E-state index contributed by atoms with van der Waals surface area (Å²) in [5, 5.41) is 8.49. The first-order valence-electron chi connectivity index (χ1n) is 2.94. The maximum Gasteiger partial charge on any atom is 0.313 e. The molecule has 0 aromatic carbocycles. The quantitative estimate of drug-likeness (QED) is 0.707. The smallest absolute Gasteiger partial charge is 0.313 e. The third kappa shape index (κ3) is 2.23. The minimum atomic E-state index is -0.866. The SMILES string of the molecule is CC(C(=O)O)c1ncc[nH]1.Cl. The Labute approximate surface area is 70.1 Å². The first-order chi connectivity index (χ1) is 4.72. The number of aliphatic carboxylic acids is 1. The average Bonchev–Trinajstić information content (AvgIpc) is 2.36. The fourth-order valence-electron chi connectivity index (χ4n) is 0.631. The van der Waals surface area contributed by atoms with Gasteiger partial charge in [-0.15, -0.1) is 12.4 Å². The molecule has 0 aliphatic rings. The van der Waals surface area contributed by atoms with Crippen LogP contribution < -0.4 is 0 Å². The van der Waals surface area contributed by atoms with Crippen LogP contribution in [0.4, 0.5) is 0 Å². The van der Waals surface area contributed by atoms with Gasteiger partial charge in [0.1, 0.15) is 11.7 Å². The highest BCUT2D eigenvalue weighted by Gasteiger charge is 2.14. The summed E-state index contributed by atoms with van der Waals surface area (Å²) in [5.41, 5.74) is 0. The summed E-state index contributed by atoms with van der Waals surface area (Å²) in [5.74, 6) is -0.919. The molecule has 1 rings (SSSR count). The van der Waals surface area contributed by atoms with Crippen LogP contribution in [0.2, 0.25) is 0 Å². The van der Waals surface area contributed by atoms with Crippen molar-refractivity contribution in [2.24, 2.45) is 0 Å². The minimum absolute atomic E-state index is 0. The number of aromatic nitrogens is 2. The molecule has 0 aliphatic heterocycles. The lowest BCUT2D eigenvalue weighted by molar-refractivity contribution is -0.138. The molecule has 62 valence electrons. The molecule has 0 saturated carbocycles. The zero-order chi connectivity index (χ0) is 7.56. The molecule has 2 N–H and O–H groups in total. The highest BCUT2D eigenvalue weighted by Crippen LogP contribution is 2.07. The van der Waals surface area contributed by atoms with Crippen molar-refractivity contribution in [1.82, 2.24) is 9.97 Å². The molecule has 1 unspecified atom stereocenters. The van der Waals surface area contributed by atoms with Gasteiger partial charge in [-0.1, -0.05) is 0 Å². The molecule has 4 nitrogen and oxygen atoms in total. The van der Waals surface area contributed by atoms with Gasteiger partial charge < -0.3 is 10.1 Å². The van der Waals surface area contributed by atoms with Crippen LogP contribution in [0.15, 0.2) is 12.4 Å². The van der Waals surface area contributed by atoms with E-state index in [1.54, 1.807) is 13.1 Å². The first-order valence-corrected chi connectivity index (χ1v) is 2.94. The lowest BCUT2D eigenvalue weighted by Gasteiger charge is -1.99. The van der Waals surface area contributed by atoms with Crippen molar-refractivity contribution >= 4 is 18.4 Å². The van der Waals surface area contributed by atoms with Crippen molar-refractivity contribution in [2.75, 3.05) is 0 Å². The number of carboxylic acids is 1. The largest absolute Gasteiger partial charge is 0.481 e. The molecule has 0 amide bonds. The van der Waals surface area contributed by atoms with Crippen LogP contribution in [0.5, 0.6) is 0 Å². The van der Waals surface area contributed by atoms with Gasteiger partial charge in [0.25, 0.3) is 0 Å². The zero-order valence-electron chi connectivity index (χ0n) is 5.94. The van der Waals surface area contributed by atoms with Crippen LogP contribution in [0.3, 0.4) is 0 Å². The molecular formula is C6H9ClN2O2. The molecule has 1 heterocycles. The molecule has 0 radical (unpaired) electrons. The van der Waals surface area contributed by atoms with Crippen molar-refractivity contribution < 1.29 is 9.90 Å². The Kier molecular flexibility index (Phi) is 3.60. The van der Waals surface area contributed by atoms with E-state index < -0.39 is 11.9 Å². The number of aromatic amines is 1. The van der Waals surface area contributed by atoms with Gasteiger partial charge >= 0.3 is 5.97 Å². The molecule has 5 heteroatoms. The number of halogens is 1. The maximum absolute atomic E-state index is 10.3. The summed E-state index contributed by atoms with van der Waals surface area (Å²) in [6.07, 6.45) is 3.14. The topological polar surface area (TPSA) is 66.0 Å². The van der Waals surface area contributed by atoms with E-state index in [1.165, 1.54) is 6.20 Å². The number of nitrogens with zero attached hydrogens (tertiary/aromatic N) is 1. The zero-order valence-corrected chi connectivity index (χ0v) is 6.76. The van der Waals surface area contributed by atoms with Crippen LogP contribution >= 0.6 is 12.4 Å². The van der Waals surface area contributed by atoms with E-state index in [1.807, 2.05) is 0 Å². The lowest BCUT2D eigenvalue weighted by atomic mass is 10.2. The summed E-state index contributed by atoms with van der Waals surface area (Å²) in [6.45, 7) is 1.58. The van der Waals surface area contributed by atoms with Crippen LogP contribution in [-0.2, 0) is 4.79 Å². The fourth-order valence-corrected chi connectivity index (χ4v) is 0.631. The number of hydrogen-bond donors (Lipinski definition) is 2. The van der Waals surface area contributed by atoms with Crippen molar-refractivity contribution in [3.63, 3.8) is 0 Å². The number of hydrogen-bond acceptors (Lipinski definition) is 2. The third-order valence-corrected chi connectivity index (χ3v) is 1.30. The van der Waals surface area contributed by atoms with E-state index in [4.69, 9.17) is 5.11 Å². The predicted octanol–water partition coefficient (Wildman–Crippen LogP) is 1.02. The van der Waals surface area contributed by atoms with Crippen molar-refractivity contribution in [2.45, 2.75) is 12.8 Å². The van der Waals surface area contributed by atoms with Gasteiger partial charge in [-0.05, 0) is 6.92 Å². The van der Waals surface area contributed by atoms with Gasteiger partial charge in [-0.25, -0.2) is 4.98 Å². The minimum Gasteiger partial charge on any atom is -0.481 e. The van der Waals surface area contributed by atoms with Crippen LogP contribution in [0.25, 0.3) is 0 Å². The summed E-state index contributed by atoms with van der Waals surface area (Å²) in [7, 11) is 0. The van der Waals surface area contributed by atoms with E-state index >= 15 is 0 Å². The molecular weight excluding hydrogens is 168 g/mol. The maximum atomic E-state index is 10.3. The second-order valence-electron chi connectivity index (χ2n) is 2.03. The normalized spacial score (nSPS) is 11.7. The molecule has 1 atom stereocenters. The van der Waals surface area contributed by atoms with E-state index in [9.17, 15) is 4.79 Å². The van der Waals surface area contributed by atoms with Crippen LogP contribution in [-0.4, -0.2) is 21.0 Å². The molecule has 0 bridgehead atoms. The molecule has 0 aliphatic carbocycles. The van der Waals surface area contributed by atoms with Gasteiger partial charge in [0.15, 0.2) is 0 Å². The first kappa shape index (κ1) is 9.97. The Bertz CT molecular complexity index is 222. The fraction of sp³-hybridized carbons (Fsp3) is 0.333. The highest BCUT2D eigenvalue weighted by atomic mass is 35.5. The molecule has 0 spiro atoms. The average molecular weight is 177 g/mol. The summed E-state index contributed by atoms with van der Waals surface area (Å²) >= 11 is 0. The number of nitrogens with one attached hydrogen (secondary N) is 1. The van der Waals surface area contributed by atoms with Crippen molar-refractivity contribution in [3.8, 4) is 0 Å². The lowest BCUT2D eigenvalue weighted by Crippen LogP contribution is -2.08. The Balaban J connectivity index is 0.000001000.